The summed E-state index contributed by atoms with van der Waals surface area (Å²) in [5, 5.41) is 0. The van der Waals surface area contributed by atoms with Crippen molar-refractivity contribution in [2.45, 2.75) is 31.8 Å². The Hall–Kier alpha value is -0.900. The van der Waals surface area contributed by atoms with Crippen molar-refractivity contribution >= 4 is 21.9 Å². The summed E-state index contributed by atoms with van der Waals surface area (Å²) in [6.45, 7) is 0. The van der Waals surface area contributed by atoms with Gasteiger partial charge in [-0.15, -0.1) is 0 Å². The molecule has 4 heteroatoms. The first-order valence-electron chi connectivity index (χ1n) is 5.08. The highest BCUT2D eigenvalue weighted by molar-refractivity contribution is 9.10. The van der Waals surface area contributed by atoms with Gasteiger partial charge < -0.3 is 4.74 Å². The van der Waals surface area contributed by atoms with Gasteiger partial charge in [0.25, 0.3) is 0 Å². The zero-order valence-corrected chi connectivity index (χ0v) is 9.87. The molecule has 0 aliphatic heterocycles. The summed E-state index contributed by atoms with van der Waals surface area (Å²) >= 11 is 3.22. The molecular formula is C11H12BrNO2. The Morgan fingerprint density at radius 3 is 2.73 bits per heavy atom. The van der Waals surface area contributed by atoms with Crippen LogP contribution in [0.5, 0.6) is 0 Å². The highest BCUT2D eigenvalue weighted by atomic mass is 79.9. The highest BCUT2D eigenvalue weighted by Crippen LogP contribution is 2.22. The Morgan fingerprint density at radius 1 is 1.40 bits per heavy atom. The second kappa shape index (κ2) is 4.75. The smallest absolute Gasteiger partial charge is 0.339 e. The Labute approximate surface area is 97.0 Å². The third kappa shape index (κ3) is 2.78. The van der Waals surface area contributed by atoms with E-state index in [0.29, 0.717) is 5.56 Å². The van der Waals surface area contributed by atoms with Crippen LogP contribution in [0.1, 0.15) is 36.0 Å². The summed E-state index contributed by atoms with van der Waals surface area (Å²) in [5.41, 5.74) is 0.519. The lowest BCUT2D eigenvalue weighted by Crippen LogP contribution is -2.14. The topological polar surface area (TPSA) is 39.2 Å². The van der Waals surface area contributed by atoms with Gasteiger partial charge in [0.1, 0.15) is 10.7 Å². The lowest BCUT2D eigenvalue weighted by molar-refractivity contribution is 0.0317. The largest absolute Gasteiger partial charge is 0.459 e. The quantitative estimate of drug-likeness (QED) is 0.612. The van der Waals surface area contributed by atoms with E-state index in [1.54, 1.807) is 12.1 Å². The molecule has 3 nitrogen and oxygen atoms in total. The van der Waals surface area contributed by atoms with Crippen LogP contribution in [0.25, 0.3) is 0 Å². The molecule has 0 bridgehead atoms. The maximum atomic E-state index is 11.6. The zero-order chi connectivity index (χ0) is 10.7. The van der Waals surface area contributed by atoms with Crippen LogP contribution in [-0.2, 0) is 4.74 Å². The minimum absolute atomic E-state index is 0.112. The molecule has 1 heterocycles. The number of halogens is 1. The Balaban J connectivity index is 1.98. The molecule has 0 saturated heterocycles. The molecule has 1 aliphatic rings. The van der Waals surface area contributed by atoms with Crippen molar-refractivity contribution in [1.29, 1.82) is 0 Å². The van der Waals surface area contributed by atoms with Gasteiger partial charge in [-0.3, -0.25) is 0 Å². The molecule has 1 aromatic rings. The summed E-state index contributed by atoms with van der Waals surface area (Å²) in [6.07, 6.45) is 5.96. The highest BCUT2D eigenvalue weighted by Gasteiger charge is 2.20. The van der Waals surface area contributed by atoms with E-state index in [1.807, 2.05) is 0 Å². The molecule has 0 spiro atoms. The van der Waals surface area contributed by atoms with Crippen LogP contribution in [0, 0.1) is 0 Å². The summed E-state index contributed by atoms with van der Waals surface area (Å²) in [4.78, 5) is 15.6. The van der Waals surface area contributed by atoms with Crippen LogP contribution in [0.15, 0.2) is 22.9 Å². The van der Waals surface area contributed by atoms with Gasteiger partial charge in [-0.1, -0.05) is 0 Å². The first kappa shape index (κ1) is 10.6. The van der Waals surface area contributed by atoms with Crippen molar-refractivity contribution in [3.63, 3.8) is 0 Å². The minimum atomic E-state index is -0.262. The summed E-state index contributed by atoms with van der Waals surface area (Å²) in [6, 6.07) is 3.46. The van der Waals surface area contributed by atoms with E-state index >= 15 is 0 Å². The van der Waals surface area contributed by atoms with Gasteiger partial charge in [0.15, 0.2) is 0 Å². The van der Waals surface area contributed by atoms with Crippen LogP contribution in [0.2, 0.25) is 0 Å². The normalized spacial score (nSPS) is 16.6. The van der Waals surface area contributed by atoms with Crippen molar-refractivity contribution in [2.75, 3.05) is 0 Å². The lowest BCUT2D eigenvalue weighted by atomic mass is 10.3. The fraction of sp³-hybridized carbons (Fsp3) is 0.455. The fourth-order valence-corrected chi connectivity index (χ4v) is 1.96. The third-order valence-electron chi connectivity index (χ3n) is 2.54. The predicted molar refractivity (Wildman–Crippen MR) is 59.6 cm³/mol. The molecule has 15 heavy (non-hydrogen) atoms. The van der Waals surface area contributed by atoms with Crippen molar-refractivity contribution in [3.8, 4) is 0 Å². The van der Waals surface area contributed by atoms with E-state index < -0.39 is 0 Å². The number of carbonyl (C=O) groups is 1. The van der Waals surface area contributed by atoms with Crippen LogP contribution in [0.3, 0.4) is 0 Å². The first-order valence-corrected chi connectivity index (χ1v) is 5.87. The molecule has 1 saturated carbocycles. The average Bonchev–Trinajstić information content (AvgIpc) is 2.71. The second-order valence-electron chi connectivity index (χ2n) is 3.68. The molecule has 2 rings (SSSR count). The standard InChI is InChI=1S/C11H12BrNO2/c12-10-6-5-8(7-13-10)11(14)15-9-3-1-2-4-9/h5-7,9H,1-4H2. The van der Waals surface area contributed by atoms with E-state index in [0.717, 1.165) is 30.3 Å². The molecule has 0 radical (unpaired) electrons. The molecule has 0 atom stereocenters. The predicted octanol–water partition coefficient (Wildman–Crippen LogP) is 2.94. The maximum Gasteiger partial charge on any atom is 0.339 e. The fourth-order valence-electron chi connectivity index (χ4n) is 1.72. The molecule has 1 aliphatic carbocycles. The molecule has 1 fully saturated rings. The third-order valence-corrected chi connectivity index (χ3v) is 3.01. The summed E-state index contributed by atoms with van der Waals surface area (Å²) in [7, 11) is 0. The maximum absolute atomic E-state index is 11.6. The Bertz CT molecular complexity index is 344. The molecule has 0 amide bonds. The van der Waals surface area contributed by atoms with Gasteiger partial charge in [-0.2, -0.15) is 0 Å². The van der Waals surface area contributed by atoms with Crippen LogP contribution < -0.4 is 0 Å². The van der Waals surface area contributed by atoms with Crippen molar-refractivity contribution < 1.29 is 9.53 Å². The summed E-state index contributed by atoms with van der Waals surface area (Å²) in [5.74, 6) is -0.262. The van der Waals surface area contributed by atoms with Gasteiger partial charge in [0.2, 0.25) is 0 Å². The number of hydrogen-bond donors (Lipinski definition) is 0. The van der Waals surface area contributed by atoms with E-state index in [4.69, 9.17) is 4.74 Å². The number of hydrogen-bond acceptors (Lipinski definition) is 3. The van der Waals surface area contributed by atoms with Crippen molar-refractivity contribution in [3.05, 3.63) is 28.5 Å². The molecule has 0 unspecified atom stereocenters. The first-order chi connectivity index (χ1) is 7.25. The average molecular weight is 270 g/mol. The van der Waals surface area contributed by atoms with Crippen LogP contribution in [-0.4, -0.2) is 17.1 Å². The lowest BCUT2D eigenvalue weighted by Gasteiger charge is -2.10. The Kier molecular flexibility index (Phi) is 3.36. The van der Waals surface area contributed by atoms with Crippen molar-refractivity contribution in [2.24, 2.45) is 0 Å². The molecule has 0 N–H and O–H groups in total. The second-order valence-corrected chi connectivity index (χ2v) is 4.49. The zero-order valence-electron chi connectivity index (χ0n) is 8.28. The number of carbonyl (C=O) groups excluding carboxylic acids is 1. The minimum Gasteiger partial charge on any atom is -0.459 e. The molecule has 80 valence electrons. The monoisotopic (exact) mass is 269 g/mol. The molecular weight excluding hydrogens is 258 g/mol. The molecule has 0 aromatic carbocycles. The van der Waals surface area contributed by atoms with Crippen LogP contribution in [0.4, 0.5) is 0 Å². The summed E-state index contributed by atoms with van der Waals surface area (Å²) < 4.78 is 6.07. The van der Waals surface area contributed by atoms with Crippen LogP contribution >= 0.6 is 15.9 Å². The van der Waals surface area contributed by atoms with Gasteiger partial charge in [-0.05, 0) is 53.7 Å². The van der Waals surface area contributed by atoms with Gasteiger partial charge in [-0.25, -0.2) is 9.78 Å². The number of esters is 1. The van der Waals surface area contributed by atoms with E-state index in [1.165, 1.54) is 6.20 Å². The van der Waals surface area contributed by atoms with Crippen molar-refractivity contribution in [1.82, 2.24) is 4.98 Å². The number of rotatable bonds is 2. The van der Waals surface area contributed by atoms with E-state index in [-0.39, 0.29) is 12.1 Å². The van der Waals surface area contributed by atoms with E-state index in [9.17, 15) is 4.79 Å². The van der Waals surface area contributed by atoms with Gasteiger partial charge in [0.05, 0.1) is 5.56 Å². The van der Waals surface area contributed by atoms with Gasteiger partial charge >= 0.3 is 5.97 Å². The van der Waals surface area contributed by atoms with Gasteiger partial charge in [0, 0.05) is 6.20 Å². The number of pyridine rings is 1. The molecule has 1 aromatic heterocycles. The number of aromatic nitrogens is 1. The number of nitrogens with zero attached hydrogens (tertiary/aromatic N) is 1. The SMILES string of the molecule is O=C(OC1CCCC1)c1ccc(Br)nc1. The Morgan fingerprint density at radius 2 is 2.13 bits per heavy atom. The van der Waals surface area contributed by atoms with E-state index in [2.05, 4.69) is 20.9 Å². The number of ether oxygens (including phenoxy) is 1.